The van der Waals surface area contributed by atoms with E-state index in [1.54, 1.807) is 11.1 Å². The van der Waals surface area contributed by atoms with Crippen LogP contribution in [-0.4, -0.2) is 0 Å². The van der Waals surface area contributed by atoms with Gasteiger partial charge in [-0.2, -0.15) is 0 Å². The van der Waals surface area contributed by atoms with Crippen molar-refractivity contribution in [3.8, 4) is 0 Å². The Hall–Kier alpha value is -1.82. The number of aryl methyl sites for hydroxylation is 1. The Morgan fingerprint density at radius 1 is 0.818 bits per heavy atom. The zero-order valence-electron chi connectivity index (χ0n) is 14.0. The van der Waals surface area contributed by atoms with Crippen LogP contribution in [0.1, 0.15) is 67.7 Å². The van der Waals surface area contributed by atoms with Gasteiger partial charge in [0.2, 0.25) is 0 Å². The SMILES string of the molecule is CCCC1=C(CCC)C(c2ccc(C)cc2)c2ccccc21. The molecule has 0 aromatic heterocycles. The van der Waals surface area contributed by atoms with Gasteiger partial charge in [-0.15, -0.1) is 0 Å². The van der Waals surface area contributed by atoms with Gasteiger partial charge in [-0.3, -0.25) is 0 Å². The highest BCUT2D eigenvalue weighted by molar-refractivity contribution is 5.80. The summed E-state index contributed by atoms with van der Waals surface area (Å²) in [5.74, 6) is 0.471. The first-order chi connectivity index (χ1) is 10.8. The minimum absolute atomic E-state index is 0.471. The molecule has 22 heavy (non-hydrogen) atoms. The van der Waals surface area contributed by atoms with Gasteiger partial charge in [-0.05, 0) is 42.0 Å². The van der Waals surface area contributed by atoms with Crippen LogP contribution in [0.4, 0.5) is 0 Å². The predicted octanol–water partition coefficient (Wildman–Crippen LogP) is 6.49. The van der Waals surface area contributed by atoms with E-state index in [4.69, 9.17) is 0 Å². The maximum atomic E-state index is 2.33. The second-order valence-electron chi connectivity index (χ2n) is 6.43. The molecule has 114 valence electrons. The summed E-state index contributed by atoms with van der Waals surface area (Å²) < 4.78 is 0. The monoisotopic (exact) mass is 290 g/mol. The second-order valence-corrected chi connectivity index (χ2v) is 6.43. The van der Waals surface area contributed by atoms with Gasteiger partial charge >= 0.3 is 0 Å². The van der Waals surface area contributed by atoms with Crippen LogP contribution >= 0.6 is 0 Å². The minimum Gasteiger partial charge on any atom is -0.0651 e. The molecule has 0 bridgehead atoms. The van der Waals surface area contributed by atoms with Crippen molar-refractivity contribution in [2.45, 2.75) is 52.4 Å². The average molecular weight is 290 g/mol. The smallest absolute Gasteiger partial charge is 0.0310 e. The van der Waals surface area contributed by atoms with Crippen molar-refractivity contribution in [1.82, 2.24) is 0 Å². The molecule has 0 N–H and O–H groups in total. The van der Waals surface area contributed by atoms with E-state index in [0.717, 1.165) is 0 Å². The summed E-state index contributed by atoms with van der Waals surface area (Å²) in [6, 6.07) is 18.2. The molecule has 1 unspecified atom stereocenters. The van der Waals surface area contributed by atoms with Crippen molar-refractivity contribution < 1.29 is 0 Å². The van der Waals surface area contributed by atoms with Crippen LogP contribution in [0.15, 0.2) is 54.1 Å². The lowest BCUT2D eigenvalue weighted by molar-refractivity contribution is 0.820. The fraction of sp³-hybridized carbons (Fsp3) is 0.364. The first kappa shape index (κ1) is 15.1. The molecule has 0 radical (unpaired) electrons. The Morgan fingerprint density at radius 3 is 2.18 bits per heavy atom. The molecule has 0 fully saturated rings. The molecule has 0 aliphatic heterocycles. The van der Waals surface area contributed by atoms with Crippen molar-refractivity contribution in [3.63, 3.8) is 0 Å². The maximum Gasteiger partial charge on any atom is 0.0310 e. The van der Waals surface area contributed by atoms with Crippen LogP contribution in [0.25, 0.3) is 5.57 Å². The van der Waals surface area contributed by atoms with Gasteiger partial charge in [-0.1, -0.05) is 86.4 Å². The van der Waals surface area contributed by atoms with Crippen molar-refractivity contribution in [1.29, 1.82) is 0 Å². The highest BCUT2D eigenvalue weighted by Crippen LogP contribution is 2.48. The first-order valence-electron chi connectivity index (χ1n) is 8.64. The third-order valence-corrected chi connectivity index (χ3v) is 4.76. The van der Waals surface area contributed by atoms with Gasteiger partial charge in [-0.25, -0.2) is 0 Å². The highest BCUT2D eigenvalue weighted by atomic mass is 14.3. The van der Waals surface area contributed by atoms with E-state index in [0.29, 0.717) is 5.92 Å². The van der Waals surface area contributed by atoms with Crippen molar-refractivity contribution in [3.05, 3.63) is 76.4 Å². The number of hydrogen-bond donors (Lipinski definition) is 0. The molecule has 0 nitrogen and oxygen atoms in total. The Labute approximate surface area is 134 Å². The predicted molar refractivity (Wildman–Crippen MR) is 96.2 cm³/mol. The summed E-state index contributed by atoms with van der Waals surface area (Å²) in [4.78, 5) is 0. The molecule has 1 atom stereocenters. The van der Waals surface area contributed by atoms with E-state index >= 15 is 0 Å². The molecule has 1 aliphatic carbocycles. The molecule has 0 heteroatoms. The standard InChI is InChI=1S/C22H26/c1-4-8-18-19-10-6-7-11-21(19)22(20(18)9-5-2)17-14-12-16(3)13-15-17/h6-7,10-15,22H,4-5,8-9H2,1-3H3. The van der Waals surface area contributed by atoms with Gasteiger partial charge in [0.05, 0.1) is 0 Å². The Bertz CT molecular complexity index is 673. The lowest BCUT2D eigenvalue weighted by Crippen LogP contribution is -2.01. The van der Waals surface area contributed by atoms with Gasteiger partial charge in [0, 0.05) is 5.92 Å². The van der Waals surface area contributed by atoms with E-state index < -0.39 is 0 Å². The number of hydrogen-bond acceptors (Lipinski definition) is 0. The largest absolute Gasteiger partial charge is 0.0651 e. The van der Waals surface area contributed by atoms with E-state index in [1.807, 2.05) is 0 Å². The van der Waals surface area contributed by atoms with Crippen LogP contribution < -0.4 is 0 Å². The molecule has 0 saturated heterocycles. The lowest BCUT2D eigenvalue weighted by Gasteiger charge is -2.18. The molecule has 0 saturated carbocycles. The fourth-order valence-electron chi connectivity index (χ4n) is 3.81. The lowest BCUT2D eigenvalue weighted by atomic mass is 9.86. The van der Waals surface area contributed by atoms with Gasteiger partial charge in [0.25, 0.3) is 0 Å². The van der Waals surface area contributed by atoms with Crippen molar-refractivity contribution in [2.24, 2.45) is 0 Å². The Morgan fingerprint density at radius 2 is 1.50 bits per heavy atom. The van der Waals surface area contributed by atoms with E-state index in [-0.39, 0.29) is 0 Å². The topological polar surface area (TPSA) is 0 Å². The molecular weight excluding hydrogens is 264 g/mol. The zero-order chi connectivity index (χ0) is 15.5. The number of allylic oxidation sites excluding steroid dienone is 2. The van der Waals surface area contributed by atoms with Crippen LogP contribution in [0.3, 0.4) is 0 Å². The molecule has 3 rings (SSSR count). The molecular formula is C22H26. The summed E-state index contributed by atoms with van der Waals surface area (Å²) in [5.41, 5.74) is 9.08. The fourth-order valence-corrected chi connectivity index (χ4v) is 3.81. The number of rotatable bonds is 5. The minimum atomic E-state index is 0.471. The molecule has 0 amide bonds. The van der Waals surface area contributed by atoms with Gasteiger partial charge < -0.3 is 0 Å². The Kier molecular flexibility index (Phi) is 4.47. The summed E-state index contributed by atoms with van der Waals surface area (Å²) in [6.45, 7) is 6.75. The van der Waals surface area contributed by atoms with E-state index in [9.17, 15) is 0 Å². The number of benzene rings is 2. The third kappa shape index (κ3) is 2.63. The number of fused-ring (bicyclic) bond motifs is 1. The van der Waals surface area contributed by atoms with E-state index in [2.05, 4.69) is 69.3 Å². The average Bonchev–Trinajstić information content (AvgIpc) is 2.83. The normalized spacial score (nSPS) is 17.0. The Balaban J connectivity index is 2.15. The van der Waals surface area contributed by atoms with Gasteiger partial charge in [0.15, 0.2) is 0 Å². The van der Waals surface area contributed by atoms with Gasteiger partial charge in [0.1, 0.15) is 0 Å². The summed E-state index contributed by atoms with van der Waals surface area (Å²) in [6.07, 6.45) is 4.85. The summed E-state index contributed by atoms with van der Waals surface area (Å²) in [7, 11) is 0. The molecule has 1 aliphatic rings. The van der Waals surface area contributed by atoms with Crippen molar-refractivity contribution in [2.75, 3.05) is 0 Å². The molecule has 2 aromatic carbocycles. The summed E-state index contributed by atoms with van der Waals surface area (Å²) in [5, 5.41) is 0. The zero-order valence-corrected chi connectivity index (χ0v) is 14.0. The third-order valence-electron chi connectivity index (χ3n) is 4.76. The summed E-state index contributed by atoms with van der Waals surface area (Å²) >= 11 is 0. The molecule has 0 spiro atoms. The van der Waals surface area contributed by atoms with Crippen LogP contribution in [0, 0.1) is 6.92 Å². The maximum absolute atomic E-state index is 2.33. The first-order valence-corrected chi connectivity index (χ1v) is 8.64. The second kappa shape index (κ2) is 6.52. The quantitative estimate of drug-likeness (QED) is 0.590. The van der Waals surface area contributed by atoms with Crippen LogP contribution in [0.2, 0.25) is 0 Å². The van der Waals surface area contributed by atoms with Crippen molar-refractivity contribution >= 4 is 5.57 Å². The van der Waals surface area contributed by atoms with Crippen LogP contribution in [-0.2, 0) is 0 Å². The highest BCUT2D eigenvalue weighted by Gasteiger charge is 2.30. The molecule has 2 aromatic rings. The van der Waals surface area contributed by atoms with Crippen LogP contribution in [0.5, 0.6) is 0 Å². The molecule has 0 heterocycles. The van der Waals surface area contributed by atoms with E-state index in [1.165, 1.54) is 47.9 Å².